The van der Waals surface area contributed by atoms with Crippen molar-refractivity contribution >= 4 is 17.5 Å². The lowest BCUT2D eigenvalue weighted by Gasteiger charge is -1.95. The van der Waals surface area contributed by atoms with Crippen LogP contribution >= 0.6 is 0 Å². The Kier molecular flexibility index (Phi) is 1.15. The Bertz CT molecular complexity index is 386. The number of aromatic nitrogens is 1. The van der Waals surface area contributed by atoms with Crippen LogP contribution < -0.4 is 11.1 Å². The summed E-state index contributed by atoms with van der Waals surface area (Å²) < 4.78 is 0. The van der Waals surface area contributed by atoms with E-state index in [0.29, 0.717) is 0 Å². The standard InChI is InChI=1S/C7H5N3O2/c8-4-2-9-1-3-5(4)7(12)10-6(3)11/h1-2H,8H2,(H,10,11,12). The van der Waals surface area contributed by atoms with Crippen LogP contribution in [0.1, 0.15) is 20.7 Å². The minimum absolute atomic E-state index is 0.231. The number of nitrogens with one attached hydrogen (secondary N) is 1. The molecule has 0 aliphatic carbocycles. The van der Waals surface area contributed by atoms with Crippen LogP contribution in [0.2, 0.25) is 0 Å². The molecule has 1 aliphatic rings. The topological polar surface area (TPSA) is 85.1 Å². The molecule has 5 nitrogen and oxygen atoms in total. The molecule has 12 heavy (non-hydrogen) atoms. The SMILES string of the molecule is Nc1cncc2c1C(=O)NC2=O. The number of fused-ring (bicyclic) bond motifs is 1. The van der Waals surface area contributed by atoms with Crippen LogP contribution in [0.25, 0.3) is 0 Å². The maximum atomic E-state index is 11.1. The predicted octanol–water partition coefficient (Wildman–Crippen LogP) is -0.453. The third-order valence-electron chi connectivity index (χ3n) is 1.67. The van der Waals surface area contributed by atoms with Gasteiger partial charge in [-0.05, 0) is 0 Å². The molecule has 1 aliphatic heterocycles. The maximum absolute atomic E-state index is 11.1. The first kappa shape index (κ1) is 6.78. The van der Waals surface area contributed by atoms with E-state index >= 15 is 0 Å². The number of nitrogen functional groups attached to an aromatic ring is 1. The monoisotopic (exact) mass is 163 g/mol. The van der Waals surface area contributed by atoms with Crippen LogP contribution in [0.3, 0.4) is 0 Å². The van der Waals surface area contributed by atoms with Gasteiger partial charge in [-0.1, -0.05) is 0 Å². The molecule has 0 atom stereocenters. The third kappa shape index (κ3) is 0.701. The molecule has 0 aromatic carbocycles. The van der Waals surface area contributed by atoms with Crippen molar-refractivity contribution in [3.63, 3.8) is 0 Å². The highest BCUT2D eigenvalue weighted by Crippen LogP contribution is 2.19. The minimum atomic E-state index is -0.449. The lowest BCUT2D eigenvalue weighted by Crippen LogP contribution is -2.20. The van der Waals surface area contributed by atoms with Crippen molar-refractivity contribution in [3.05, 3.63) is 23.5 Å². The molecule has 2 amide bonds. The highest BCUT2D eigenvalue weighted by atomic mass is 16.2. The number of anilines is 1. The van der Waals surface area contributed by atoms with Crippen molar-refractivity contribution in [2.24, 2.45) is 0 Å². The van der Waals surface area contributed by atoms with E-state index in [1.807, 2.05) is 0 Å². The molecule has 1 aromatic rings. The number of rotatable bonds is 0. The number of amides is 2. The summed E-state index contributed by atoms with van der Waals surface area (Å²) >= 11 is 0. The van der Waals surface area contributed by atoms with Crippen molar-refractivity contribution in [2.75, 3.05) is 5.73 Å². The highest BCUT2D eigenvalue weighted by molar-refractivity contribution is 6.23. The molecule has 5 heteroatoms. The van der Waals surface area contributed by atoms with E-state index < -0.39 is 11.8 Å². The minimum Gasteiger partial charge on any atom is -0.397 e. The lowest BCUT2D eigenvalue weighted by molar-refractivity contribution is 0.0880. The van der Waals surface area contributed by atoms with Crippen LogP contribution in [0, 0.1) is 0 Å². The van der Waals surface area contributed by atoms with Crippen molar-refractivity contribution in [3.8, 4) is 0 Å². The molecule has 0 spiro atoms. The molecule has 2 rings (SSSR count). The molecular weight excluding hydrogens is 158 g/mol. The van der Waals surface area contributed by atoms with Gasteiger partial charge in [-0.15, -0.1) is 0 Å². The molecule has 0 radical (unpaired) electrons. The number of imide groups is 1. The zero-order chi connectivity index (χ0) is 8.72. The van der Waals surface area contributed by atoms with Crippen molar-refractivity contribution < 1.29 is 9.59 Å². The second-order valence-electron chi connectivity index (χ2n) is 2.43. The smallest absolute Gasteiger partial charge is 0.261 e. The Balaban J connectivity index is 2.75. The Morgan fingerprint density at radius 3 is 2.67 bits per heavy atom. The van der Waals surface area contributed by atoms with Crippen LogP contribution in [-0.2, 0) is 0 Å². The Morgan fingerprint density at radius 1 is 1.25 bits per heavy atom. The summed E-state index contributed by atoms with van der Waals surface area (Å²) in [5, 5.41) is 2.13. The number of hydrogen-bond acceptors (Lipinski definition) is 4. The quantitative estimate of drug-likeness (QED) is 0.507. The first-order chi connectivity index (χ1) is 5.70. The number of nitrogens with zero attached hydrogens (tertiary/aromatic N) is 1. The average Bonchev–Trinajstić information content (AvgIpc) is 2.29. The van der Waals surface area contributed by atoms with Gasteiger partial charge >= 0.3 is 0 Å². The van der Waals surface area contributed by atoms with Crippen LogP contribution in [0.5, 0.6) is 0 Å². The van der Waals surface area contributed by atoms with E-state index in [9.17, 15) is 9.59 Å². The second kappa shape index (κ2) is 2.04. The van der Waals surface area contributed by atoms with Gasteiger partial charge < -0.3 is 5.73 Å². The van der Waals surface area contributed by atoms with Crippen LogP contribution in [0.4, 0.5) is 5.69 Å². The molecule has 0 bridgehead atoms. The normalized spacial score (nSPS) is 14.3. The first-order valence-corrected chi connectivity index (χ1v) is 3.29. The van der Waals surface area contributed by atoms with Gasteiger partial charge in [0.2, 0.25) is 0 Å². The van der Waals surface area contributed by atoms with Crippen LogP contribution in [0.15, 0.2) is 12.4 Å². The summed E-state index contributed by atoms with van der Waals surface area (Å²) in [5.74, 6) is -0.885. The summed E-state index contributed by atoms with van der Waals surface area (Å²) in [6, 6.07) is 0. The molecule has 0 saturated heterocycles. The van der Waals surface area contributed by atoms with Gasteiger partial charge in [0.15, 0.2) is 0 Å². The summed E-state index contributed by atoms with van der Waals surface area (Å²) in [7, 11) is 0. The van der Waals surface area contributed by atoms with E-state index in [-0.39, 0.29) is 16.8 Å². The number of carbonyl (C=O) groups is 2. The van der Waals surface area contributed by atoms with E-state index in [1.165, 1.54) is 12.4 Å². The maximum Gasteiger partial charge on any atom is 0.261 e. The number of nitrogens with two attached hydrogens (primary N) is 1. The summed E-state index contributed by atoms with van der Waals surface area (Å²) in [6.45, 7) is 0. The molecular formula is C7H5N3O2. The second-order valence-corrected chi connectivity index (χ2v) is 2.43. The Labute approximate surface area is 67.6 Å². The number of hydrogen-bond donors (Lipinski definition) is 2. The number of carbonyl (C=O) groups excluding carboxylic acids is 2. The fourth-order valence-corrected chi connectivity index (χ4v) is 1.14. The number of pyridine rings is 1. The van der Waals surface area contributed by atoms with Crippen molar-refractivity contribution in [1.82, 2.24) is 10.3 Å². The molecule has 1 aromatic heterocycles. The van der Waals surface area contributed by atoms with Gasteiger partial charge in [-0.25, -0.2) is 0 Å². The van der Waals surface area contributed by atoms with Crippen molar-refractivity contribution in [2.45, 2.75) is 0 Å². The van der Waals surface area contributed by atoms with Gasteiger partial charge in [-0.2, -0.15) is 0 Å². The Hall–Kier alpha value is -1.91. The van der Waals surface area contributed by atoms with Crippen LogP contribution in [-0.4, -0.2) is 16.8 Å². The molecule has 0 unspecified atom stereocenters. The zero-order valence-corrected chi connectivity index (χ0v) is 6.00. The first-order valence-electron chi connectivity index (χ1n) is 3.29. The molecule has 60 valence electrons. The Morgan fingerprint density at radius 2 is 2.00 bits per heavy atom. The van der Waals surface area contributed by atoms with Crippen molar-refractivity contribution in [1.29, 1.82) is 0 Å². The summed E-state index contributed by atoms with van der Waals surface area (Å²) in [6.07, 6.45) is 2.67. The van der Waals surface area contributed by atoms with E-state index in [1.54, 1.807) is 0 Å². The van der Waals surface area contributed by atoms with Gasteiger partial charge in [-0.3, -0.25) is 19.9 Å². The fraction of sp³-hybridized carbons (Fsp3) is 0. The largest absolute Gasteiger partial charge is 0.397 e. The zero-order valence-electron chi connectivity index (χ0n) is 6.00. The fourth-order valence-electron chi connectivity index (χ4n) is 1.14. The van der Waals surface area contributed by atoms with E-state index in [0.717, 1.165) is 0 Å². The average molecular weight is 163 g/mol. The predicted molar refractivity (Wildman–Crippen MR) is 40.4 cm³/mol. The molecule has 3 N–H and O–H groups in total. The highest BCUT2D eigenvalue weighted by Gasteiger charge is 2.28. The molecule has 0 saturated carbocycles. The lowest BCUT2D eigenvalue weighted by atomic mass is 10.1. The third-order valence-corrected chi connectivity index (χ3v) is 1.67. The van der Waals surface area contributed by atoms with Gasteiger partial charge in [0, 0.05) is 6.20 Å². The van der Waals surface area contributed by atoms with E-state index in [2.05, 4.69) is 10.3 Å². The summed E-state index contributed by atoms with van der Waals surface area (Å²) in [4.78, 5) is 25.8. The van der Waals surface area contributed by atoms with Gasteiger partial charge in [0.25, 0.3) is 11.8 Å². The van der Waals surface area contributed by atoms with E-state index in [4.69, 9.17) is 5.73 Å². The molecule has 2 heterocycles. The van der Waals surface area contributed by atoms with Gasteiger partial charge in [0.05, 0.1) is 23.0 Å². The van der Waals surface area contributed by atoms with Gasteiger partial charge in [0.1, 0.15) is 0 Å². The summed E-state index contributed by atoms with van der Waals surface area (Å²) in [5.41, 5.74) is 6.16. The molecule has 0 fully saturated rings.